The highest BCUT2D eigenvalue weighted by Gasteiger charge is 2.22. The lowest BCUT2D eigenvalue weighted by molar-refractivity contribution is -0.132. The molecule has 1 saturated heterocycles. The summed E-state index contributed by atoms with van der Waals surface area (Å²) in [7, 11) is 0. The Hall–Kier alpha value is -2.71. The van der Waals surface area contributed by atoms with E-state index in [1.54, 1.807) is 29.7 Å². The van der Waals surface area contributed by atoms with E-state index >= 15 is 0 Å². The molecule has 1 aliphatic rings. The van der Waals surface area contributed by atoms with Crippen LogP contribution in [0.1, 0.15) is 24.8 Å². The number of nitrogens with zero attached hydrogens (tertiary/aromatic N) is 4. The Balaban J connectivity index is 1.28. The van der Waals surface area contributed by atoms with Gasteiger partial charge in [0, 0.05) is 45.2 Å². The van der Waals surface area contributed by atoms with Gasteiger partial charge < -0.3 is 15.1 Å². The fraction of sp³-hybridized carbons (Fsp3) is 0.364. The average Bonchev–Trinajstić information content (AvgIpc) is 3.03. The second kappa shape index (κ2) is 9.62. The monoisotopic (exact) mass is 457 g/mol. The summed E-state index contributed by atoms with van der Waals surface area (Å²) in [6, 6.07) is 9.31. The molecule has 2 amide bonds. The van der Waals surface area contributed by atoms with E-state index < -0.39 is 0 Å². The molecule has 0 radical (unpaired) electrons. The first-order valence-electron chi connectivity index (χ1n) is 10.3. The van der Waals surface area contributed by atoms with E-state index in [0.717, 1.165) is 40.6 Å². The van der Waals surface area contributed by atoms with Gasteiger partial charge in [-0.3, -0.25) is 9.59 Å². The number of amides is 2. The molecule has 31 heavy (non-hydrogen) atoms. The molecular weight excluding hydrogens is 434 g/mol. The van der Waals surface area contributed by atoms with Gasteiger partial charge in [0.15, 0.2) is 5.13 Å². The van der Waals surface area contributed by atoms with Crippen molar-refractivity contribution in [3.05, 3.63) is 47.1 Å². The molecule has 2 aromatic heterocycles. The summed E-state index contributed by atoms with van der Waals surface area (Å²) in [5, 5.41) is 4.23. The van der Waals surface area contributed by atoms with E-state index in [-0.39, 0.29) is 24.7 Å². The average molecular weight is 458 g/mol. The van der Waals surface area contributed by atoms with Crippen LogP contribution in [0.4, 0.5) is 10.8 Å². The van der Waals surface area contributed by atoms with Crippen molar-refractivity contribution in [3.63, 3.8) is 0 Å². The first kappa shape index (κ1) is 21.5. The summed E-state index contributed by atoms with van der Waals surface area (Å²) in [4.78, 5) is 39.0. The zero-order valence-corrected chi connectivity index (χ0v) is 18.9. The maximum Gasteiger partial charge on any atom is 0.224 e. The van der Waals surface area contributed by atoms with Crippen molar-refractivity contribution in [2.45, 2.75) is 26.2 Å². The zero-order valence-electron chi connectivity index (χ0n) is 17.3. The molecule has 3 aromatic rings. The number of anilines is 2. The Morgan fingerprint density at radius 2 is 2.03 bits per heavy atom. The number of thiazole rings is 1. The number of carbonyl (C=O) groups excluding carboxylic acids is 2. The van der Waals surface area contributed by atoms with Crippen molar-refractivity contribution < 1.29 is 9.59 Å². The third-order valence-corrected chi connectivity index (χ3v) is 6.59. The summed E-state index contributed by atoms with van der Waals surface area (Å²) < 4.78 is 0. The Labute approximate surface area is 190 Å². The Morgan fingerprint density at radius 1 is 1.16 bits per heavy atom. The number of rotatable bonds is 5. The number of aromatic nitrogens is 2. The smallest absolute Gasteiger partial charge is 0.224 e. The van der Waals surface area contributed by atoms with Crippen molar-refractivity contribution >= 4 is 55.9 Å². The van der Waals surface area contributed by atoms with Crippen LogP contribution in [-0.2, 0) is 9.59 Å². The van der Waals surface area contributed by atoms with Gasteiger partial charge in [0.2, 0.25) is 11.8 Å². The summed E-state index contributed by atoms with van der Waals surface area (Å²) in [5.74, 6) is -0.213. The number of halogens is 1. The minimum atomic E-state index is -0.211. The molecule has 9 heteroatoms. The number of hydrogen-bond acceptors (Lipinski definition) is 6. The van der Waals surface area contributed by atoms with Gasteiger partial charge in [0.1, 0.15) is 10.3 Å². The van der Waals surface area contributed by atoms with E-state index in [4.69, 9.17) is 11.6 Å². The van der Waals surface area contributed by atoms with Crippen molar-refractivity contribution in [1.82, 2.24) is 14.9 Å². The molecule has 0 spiro atoms. The maximum atomic E-state index is 12.7. The van der Waals surface area contributed by atoms with Crippen LogP contribution in [0.5, 0.6) is 0 Å². The van der Waals surface area contributed by atoms with Crippen LogP contribution in [0.15, 0.2) is 36.5 Å². The van der Waals surface area contributed by atoms with Crippen molar-refractivity contribution in [3.8, 4) is 0 Å². The van der Waals surface area contributed by atoms with Gasteiger partial charge in [-0.15, -0.1) is 0 Å². The minimum absolute atomic E-state index is 0.00188. The second-order valence-electron chi connectivity index (χ2n) is 7.58. The molecule has 1 aliphatic heterocycles. The van der Waals surface area contributed by atoms with Gasteiger partial charge in [-0.05, 0) is 43.2 Å². The van der Waals surface area contributed by atoms with Crippen molar-refractivity contribution in [2.75, 3.05) is 36.4 Å². The van der Waals surface area contributed by atoms with E-state index in [1.807, 2.05) is 30.0 Å². The molecule has 1 N–H and O–H groups in total. The molecule has 0 unspecified atom stereocenters. The Bertz CT molecular complexity index is 1070. The number of hydrogen-bond donors (Lipinski definition) is 1. The molecule has 0 atom stereocenters. The van der Waals surface area contributed by atoms with Gasteiger partial charge in [-0.25, -0.2) is 9.97 Å². The van der Waals surface area contributed by atoms with E-state index in [2.05, 4.69) is 20.2 Å². The van der Waals surface area contributed by atoms with Crippen LogP contribution in [0.3, 0.4) is 0 Å². The molecular formula is C22H24ClN5O2S. The fourth-order valence-corrected chi connectivity index (χ4v) is 4.81. The van der Waals surface area contributed by atoms with Crippen LogP contribution in [0.25, 0.3) is 10.3 Å². The minimum Gasteiger partial charge on any atom is -0.346 e. The molecule has 0 bridgehead atoms. The summed E-state index contributed by atoms with van der Waals surface area (Å²) in [5.41, 5.74) is 2.50. The molecule has 0 aliphatic carbocycles. The van der Waals surface area contributed by atoms with Crippen LogP contribution in [0.2, 0.25) is 5.02 Å². The summed E-state index contributed by atoms with van der Waals surface area (Å²) >= 11 is 7.74. The highest BCUT2D eigenvalue weighted by atomic mass is 35.5. The van der Waals surface area contributed by atoms with Gasteiger partial charge in [0.05, 0.1) is 10.7 Å². The number of pyridine rings is 1. The van der Waals surface area contributed by atoms with Crippen LogP contribution >= 0.6 is 22.9 Å². The first-order valence-corrected chi connectivity index (χ1v) is 11.5. The third kappa shape index (κ3) is 5.32. The number of fused-ring (bicyclic) bond motifs is 1. The zero-order chi connectivity index (χ0) is 21.8. The standard InChI is InChI=1S/C22H24ClN5O2S/c1-15-5-6-17(16(23)14-15)25-19(29)7-8-20(30)27-10-3-11-28(13-12-27)22-26-18-4-2-9-24-21(18)31-22/h2,4-6,9,14H,3,7-8,10-13H2,1H3,(H,25,29). The van der Waals surface area contributed by atoms with E-state index in [1.165, 1.54) is 0 Å². The Morgan fingerprint density at radius 3 is 2.84 bits per heavy atom. The van der Waals surface area contributed by atoms with Gasteiger partial charge in [-0.1, -0.05) is 29.0 Å². The van der Waals surface area contributed by atoms with Crippen LogP contribution in [0, 0.1) is 6.92 Å². The van der Waals surface area contributed by atoms with Crippen molar-refractivity contribution in [2.24, 2.45) is 0 Å². The van der Waals surface area contributed by atoms with Crippen molar-refractivity contribution in [1.29, 1.82) is 0 Å². The summed E-state index contributed by atoms with van der Waals surface area (Å²) in [6.07, 6.45) is 2.95. The first-order chi connectivity index (χ1) is 15.0. The van der Waals surface area contributed by atoms with Crippen LogP contribution in [-0.4, -0.2) is 52.9 Å². The molecule has 1 fully saturated rings. The van der Waals surface area contributed by atoms with Gasteiger partial charge in [-0.2, -0.15) is 0 Å². The highest BCUT2D eigenvalue weighted by molar-refractivity contribution is 7.21. The molecule has 162 valence electrons. The quantitative estimate of drug-likeness (QED) is 0.623. The predicted octanol–water partition coefficient (Wildman–Crippen LogP) is 4.11. The fourth-order valence-electron chi connectivity index (χ4n) is 3.56. The van der Waals surface area contributed by atoms with Gasteiger partial charge >= 0.3 is 0 Å². The normalized spacial score (nSPS) is 14.5. The predicted molar refractivity (Wildman–Crippen MR) is 125 cm³/mol. The van der Waals surface area contributed by atoms with Crippen LogP contribution < -0.4 is 10.2 Å². The van der Waals surface area contributed by atoms with E-state index in [9.17, 15) is 9.59 Å². The number of nitrogens with one attached hydrogen (secondary N) is 1. The lowest BCUT2D eigenvalue weighted by Gasteiger charge is -2.21. The maximum absolute atomic E-state index is 12.7. The summed E-state index contributed by atoms with van der Waals surface area (Å²) in [6.45, 7) is 4.80. The molecule has 7 nitrogen and oxygen atoms in total. The number of benzene rings is 1. The SMILES string of the molecule is Cc1ccc(NC(=O)CCC(=O)N2CCCN(c3nc4cccnc4s3)CC2)c(Cl)c1. The number of aryl methyl sites for hydroxylation is 1. The highest BCUT2D eigenvalue weighted by Crippen LogP contribution is 2.28. The molecule has 4 rings (SSSR count). The van der Waals surface area contributed by atoms with E-state index in [0.29, 0.717) is 23.8 Å². The molecule has 1 aromatic carbocycles. The topological polar surface area (TPSA) is 78.4 Å². The second-order valence-corrected chi connectivity index (χ2v) is 8.94. The largest absolute Gasteiger partial charge is 0.346 e. The number of carbonyl (C=O) groups is 2. The lowest BCUT2D eigenvalue weighted by Crippen LogP contribution is -2.35. The lowest BCUT2D eigenvalue weighted by atomic mass is 10.2. The third-order valence-electron chi connectivity index (χ3n) is 5.24. The Kier molecular flexibility index (Phi) is 6.67. The molecule has 0 saturated carbocycles. The van der Waals surface area contributed by atoms with Gasteiger partial charge in [0.25, 0.3) is 0 Å². The molecule has 3 heterocycles.